The second-order valence-corrected chi connectivity index (χ2v) is 6.42. The summed E-state index contributed by atoms with van der Waals surface area (Å²) in [7, 11) is 0. The Bertz CT molecular complexity index is 814. The molecule has 3 rings (SSSR count). The quantitative estimate of drug-likeness (QED) is 0.798. The van der Waals surface area contributed by atoms with Crippen molar-refractivity contribution in [3.05, 3.63) is 65.7 Å². The molecule has 0 unspecified atom stereocenters. The van der Waals surface area contributed by atoms with Crippen LogP contribution in [0.15, 0.2) is 54.6 Å². The van der Waals surface area contributed by atoms with E-state index in [4.69, 9.17) is 4.74 Å². The lowest BCUT2D eigenvalue weighted by atomic mass is 10.1. The average Bonchev–Trinajstić information content (AvgIpc) is 3.22. The topological polar surface area (TPSA) is 75.7 Å². The second-order valence-electron chi connectivity index (χ2n) is 6.42. The molecule has 0 aromatic heterocycles. The number of amides is 2. The third kappa shape index (κ3) is 5.17. The number of carbonyl (C=O) groups is 3. The van der Waals surface area contributed by atoms with Crippen LogP contribution in [0.4, 0.5) is 5.69 Å². The molecule has 0 spiro atoms. The molecule has 2 amide bonds. The van der Waals surface area contributed by atoms with Crippen LogP contribution in [-0.2, 0) is 20.7 Å². The lowest BCUT2D eigenvalue weighted by molar-refractivity contribution is -0.133. The molecule has 1 saturated heterocycles. The Morgan fingerprint density at radius 1 is 0.926 bits per heavy atom. The lowest BCUT2D eigenvalue weighted by Gasteiger charge is -2.15. The minimum Gasteiger partial charge on any atom is -0.452 e. The van der Waals surface area contributed by atoms with E-state index >= 15 is 0 Å². The maximum Gasteiger partial charge on any atom is 0.340 e. The first-order chi connectivity index (χ1) is 13.1. The van der Waals surface area contributed by atoms with Gasteiger partial charge in [-0.1, -0.05) is 42.5 Å². The maximum atomic E-state index is 12.4. The van der Waals surface area contributed by atoms with Gasteiger partial charge in [0.2, 0.25) is 5.91 Å². The third-order valence-electron chi connectivity index (χ3n) is 4.41. The van der Waals surface area contributed by atoms with E-state index in [0.29, 0.717) is 18.8 Å². The molecule has 0 aliphatic carbocycles. The van der Waals surface area contributed by atoms with Crippen LogP contribution in [0, 0.1) is 0 Å². The van der Waals surface area contributed by atoms with Crippen LogP contribution >= 0.6 is 0 Å². The standard InChI is InChI=1S/C21H22N2O4/c24-19(14-16-8-2-1-3-9-16)22-18-11-5-4-10-17(18)21(26)27-15-20(25)23-12-6-7-13-23/h1-5,8-11H,6-7,12-15H2,(H,22,24). The number of anilines is 1. The van der Waals surface area contributed by atoms with E-state index in [2.05, 4.69) is 5.32 Å². The fourth-order valence-electron chi connectivity index (χ4n) is 3.01. The maximum absolute atomic E-state index is 12.4. The highest BCUT2D eigenvalue weighted by Gasteiger charge is 2.21. The van der Waals surface area contributed by atoms with Crippen LogP contribution in [0.2, 0.25) is 0 Å². The first-order valence-electron chi connectivity index (χ1n) is 9.01. The number of esters is 1. The molecule has 0 saturated carbocycles. The number of ether oxygens (including phenoxy) is 1. The normalized spacial score (nSPS) is 13.3. The van der Waals surface area contributed by atoms with Gasteiger partial charge in [0.05, 0.1) is 17.7 Å². The summed E-state index contributed by atoms with van der Waals surface area (Å²) in [6.45, 7) is 1.14. The summed E-state index contributed by atoms with van der Waals surface area (Å²) in [5, 5.41) is 2.75. The highest BCUT2D eigenvalue weighted by atomic mass is 16.5. The van der Waals surface area contributed by atoms with Gasteiger partial charge in [0.25, 0.3) is 5.91 Å². The summed E-state index contributed by atoms with van der Waals surface area (Å²) in [5.74, 6) is -1.04. The summed E-state index contributed by atoms with van der Waals surface area (Å²) in [6, 6.07) is 16.0. The molecule has 2 aromatic rings. The SMILES string of the molecule is O=C(Cc1ccccc1)Nc1ccccc1C(=O)OCC(=O)N1CCCC1. The molecule has 0 bridgehead atoms. The Morgan fingerprint density at radius 3 is 2.33 bits per heavy atom. The van der Waals surface area contributed by atoms with Crippen LogP contribution in [0.1, 0.15) is 28.8 Å². The molecule has 1 aliphatic heterocycles. The smallest absolute Gasteiger partial charge is 0.340 e. The van der Waals surface area contributed by atoms with Crippen molar-refractivity contribution in [3.8, 4) is 0 Å². The summed E-state index contributed by atoms with van der Waals surface area (Å²) < 4.78 is 5.16. The molecule has 140 valence electrons. The first-order valence-corrected chi connectivity index (χ1v) is 9.01. The minimum absolute atomic E-state index is 0.188. The number of rotatable bonds is 6. The van der Waals surface area contributed by atoms with Crippen molar-refractivity contribution in [3.63, 3.8) is 0 Å². The molecular weight excluding hydrogens is 344 g/mol. The van der Waals surface area contributed by atoms with Gasteiger partial charge in [-0.25, -0.2) is 4.79 Å². The zero-order chi connectivity index (χ0) is 19.1. The van der Waals surface area contributed by atoms with Crippen molar-refractivity contribution in [2.24, 2.45) is 0 Å². The first kappa shape index (κ1) is 18.6. The minimum atomic E-state index is -0.627. The molecule has 27 heavy (non-hydrogen) atoms. The van der Waals surface area contributed by atoms with E-state index in [9.17, 15) is 14.4 Å². The predicted octanol–water partition coefficient (Wildman–Crippen LogP) is 2.65. The van der Waals surface area contributed by atoms with Crippen molar-refractivity contribution < 1.29 is 19.1 Å². The zero-order valence-corrected chi connectivity index (χ0v) is 15.0. The molecular formula is C21H22N2O4. The van der Waals surface area contributed by atoms with Gasteiger partial charge < -0.3 is 15.0 Å². The number of nitrogens with zero attached hydrogens (tertiary/aromatic N) is 1. The Hall–Kier alpha value is -3.15. The van der Waals surface area contributed by atoms with E-state index in [1.54, 1.807) is 29.2 Å². The number of benzene rings is 2. The molecule has 1 fully saturated rings. The number of para-hydroxylation sites is 1. The number of hydrogen-bond donors (Lipinski definition) is 1. The molecule has 6 heteroatoms. The monoisotopic (exact) mass is 366 g/mol. The van der Waals surface area contributed by atoms with Gasteiger partial charge in [0.1, 0.15) is 0 Å². The van der Waals surface area contributed by atoms with Gasteiger partial charge in [-0.15, -0.1) is 0 Å². The zero-order valence-electron chi connectivity index (χ0n) is 15.0. The fraction of sp³-hybridized carbons (Fsp3) is 0.286. The third-order valence-corrected chi connectivity index (χ3v) is 4.41. The van der Waals surface area contributed by atoms with E-state index in [1.807, 2.05) is 30.3 Å². The van der Waals surface area contributed by atoms with Crippen LogP contribution in [-0.4, -0.2) is 42.4 Å². The molecule has 0 atom stereocenters. The van der Waals surface area contributed by atoms with Crippen LogP contribution in [0.3, 0.4) is 0 Å². The number of hydrogen-bond acceptors (Lipinski definition) is 4. The Balaban J connectivity index is 1.60. The van der Waals surface area contributed by atoms with Gasteiger partial charge in [0, 0.05) is 13.1 Å². The summed E-state index contributed by atoms with van der Waals surface area (Å²) in [4.78, 5) is 38.4. The van der Waals surface area contributed by atoms with Crippen molar-refractivity contribution >= 4 is 23.5 Å². The van der Waals surface area contributed by atoms with E-state index < -0.39 is 5.97 Å². The molecule has 1 aliphatic rings. The summed E-state index contributed by atoms with van der Waals surface area (Å²) >= 11 is 0. The lowest BCUT2D eigenvalue weighted by Crippen LogP contribution is -2.32. The second kappa shape index (κ2) is 8.98. The number of carbonyl (C=O) groups excluding carboxylic acids is 3. The molecule has 6 nitrogen and oxygen atoms in total. The van der Waals surface area contributed by atoms with Crippen molar-refractivity contribution in [1.29, 1.82) is 0 Å². The summed E-state index contributed by atoms with van der Waals surface area (Å²) in [6.07, 6.45) is 2.17. The fourth-order valence-corrected chi connectivity index (χ4v) is 3.01. The van der Waals surface area contributed by atoms with Crippen molar-refractivity contribution in [2.45, 2.75) is 19.3 Å². The van der Waals surface area contributed by atoms with Gasteiger partial charge in [-0.3, -0.25) is 9.59 Å². The number of nitrogens with one attached hydrogen (secondary N) is 1. The van der Waals surface area contributed by atoms with Crippen molar-refractivity contribution in [1.82, 2.24) is 4.90 Å². The molecule has 0 radical (unpaired) electrons. The van der Waals surface area contributed by atoms with Crippen molar-refractivity contribution in [2.75, 3.05) is 25.0 Å². The van der Waals surface area contributed by atoms with E-state index in [-0.39, 0.29) is 30.4 Å². The molecule has 1 heterocycles. The molecule has 2 aromatic carbocycles. The highest BCUT2D eigenvalue weighted by Crippen LogP contribution is 2.17. The van der Waals surface area contributed by atoms with E-state index in [1.165, 1.54) is 0 Å². The molecule has 1 N–H and O–H groups in total. The van der Waals surface area contributed by atoms with Gasteiger partial charge in [-0.2, -0.15) is 0 Å². The van der Waals surface area contributed by atoms with Gasteiger partial charge in [0.15, 0.2) is 6.61 Å². The average molecular weight is 366 g/mol. The Labute approximate surface area is 158 Å². The Kier molecular flexibility index (Phi) is 6.20. The van der Waals surface area contributed by atoms with E-state index in [0.717, 1.165) is 18.4 Å². The predicted molar refractivity (Wildman–Crippen MR) is 101 cm³/mol. The number of likely N-dealkylation sites (tertiary alicyclic amines) is 1. The van der Waals surface area contributed by atoms with Gasteiger partial charge in [-0.05, 0) is 30.5 Å². The summed E-state index contributed by atoms with van der Waals surface area (Å²) in [5.41, 5.74) is 1.48. The van der Waals surface area contributed by atoms with Crippen LogP contribution in [0.5, 0.6) is 0 Å². The van der Waals surface area contributed by atoms with Crippen LogP contribution < -0.4 is 5.32 Å². The van der Waals surface area contributed by atoms with Gasteiger partial charge >= 0.3 is 5.97 Å². The Morgan fingerprint density at radius 2 is 1.59 bits per heavy atom. The highest BCUT2D eigenvalue weighted by molar-refractivity contribution is 6.02. The van der Waals surface area contributed by atoms with Crippen LogP contribution in [0.25, 0.3) is 0 Å². The largest absolute Gasteiger partial charge is 0.452 e.